The topological polar surface area (TPSA) is 178 Å². The highest BCUT2D eigenvalue weighted by Gasteiger charge is 2.48. The van der Waals surface area contributed by atoms with Gasteiger partial charge in [-0.15, -0.1) is 0 Å². The Morgan fingerprint density at radius 2 is 0.750 bits per heavy atom. The summed E-state index contributed by atoms with van der Waals surface area (Å²) in [5.74, 6) is -0.387. The molecule has 12 nitrogen and oxygen atoms in total. The third-order valence-corrected chi connectivity index (χ3v) is 16.2. The lowest BCUT2D eigenvalue weighted by Crippen LogP contribution is -2.60. The lowest BCUT2D eigenvalue weighted by Gasteiger charge is -2.41. The van der Waals surface area contributed by atoms with Crippen molar-refractivity contribution in [2.75, 3.05) is 26.4 Å². The maximum absolute atomic E-state index is 13.0. The summed E-state index contributed by atoms with van der Waals surface area (Å²) in [6.45, 7) is 4.10. The molecule has 1 aliphatic heterocycles. The summed E-state index contributed by atoms with van der Waals surface area (Å²) in [6.07, 6.45) is 55.9. The molecule has 1 aliphatic rings. The Morgan fingerprint density at radius 1 is 0.447 bits per heavy atom. The van der Waals surface area contributed by atoms with Crippen LogP contribution in [0.2, 0.25) is 0 Å². The number of rotatable bonds is 60. The molecule has 6 unspecified atom stereocenters. The van der Waals surface area contributed by atoms with E-state index in [1.807, 2.05) is 0 Å². The van der Waals surface area contributed by atoms with E-state index in [1.54, 1.807) is 0 Å². The lowest BCUT2D eigenvalue weighted by atomic mass is 9.99. The van der Waals surface area contributed by atoms with Crippen molar-refractivity contribution >= 4 is 16.4 Å². The maximum atomic E-state index is 13.0. The van der Waals surface area contributed by atoms with Gasteiger partial charge in [-0.05, 0) is 12.8 Å². The molecule has 0 aliphatic carbocycles. The smallest absolute Gasteiger partial charge is 0.397 e. The minimum Gasteiger partial charge on any atom is -0.457 e. The van der Waals surface area contributed by atoms with E-state index in [-0.39, 0.29) is 25.6 Å². The van der Waals surface area contributed by atoms with Gasteiger partial charge in [0.2, 0.25) is 0 Å². The molecular weight excluding hydrogens is 981 g/mol. The van der Waals surface area contributed by atoms with Crippen LogP contribution in [-0.4, -0.2) is 97.5 Å². The highest BCUT2D eigenvalue weighted by atomic mass is 32.3. The van der Waals surface area contributed by atoms with E-state index >= 15 is 0 Å². The number of hydrogen-bond donors (Lipinski definition) is 4. The standard InChI is InChI=1S/C63H124O12S/c1-3-5-7-9-11-13-15-17-19-21-23-25-27-29-31-33-35-37-39-41-43-45-47-49-51-53-71-55-57(56-72-63-61(67)62(75-76(68,69)70)60(66)58(54-64)74-63)73-59(65)52-50-48-46-44-42-40-38-36-34-32-30-28-26-24-22-20-18-16-14-12-10-8-6-4-2/h57-58,60-64,66-67H,3-56H2,1-2H3,(H,68,69,70). The fraction of sp³-hybridized carbons (Fsp3) is 0.984. The van der Waals surface area contributed by atoms with Crippen molar-refractivity contribution in [3.63, 3.8) is 0 Å². The van der Waals surface area contributed by atoms with Crippen molar-refractivity contribution in [2.24, 2.45) is 0 Å². The fourth-order valence-corrected chi connectivity index (χ4v) is 11.3. The first kappa shape index (κ1) is 73.1. The van der Waals surface area contributed by atoms with E-state index in [0.717, 1.165) is 38.5 Å². The number of aliphatic hydroxyl groups is 3. The van der Waals surface area contributed by atoms with E-state index < -0.39 is 53.8 Å². The predicted octanol–water partition coefficient (Wildman–Crippen LogP) is 17.1. The van der Waals surface area contributed by atoms with Crippen LogP contribution in [0.25, 0.3) is 0 Å². The number of aliphatic hydroxyl groups excluding tert-OH is 3. The maximum Gasteiger partial charge on any atom is 0.397 e. The normalized spacial score (nSPS) is 18.4. The van der Waals surface area contributed by atoms with Crippen molar-refractivity contribution < 1.29 is 56.2 Å². The molecule has 1 rings (SSSR count). The van der Waals surface area contributed by atoms with Crippen molar-refractivity contribution in [1.82, 2.24) is 0 Å². The van der Waals surface area contributed by atoms with Crippen molar-refractivity contribution in [1.29, 1.82) is 0 Å². The summed E-state index contributed by atoms with van der Waals surface area (Å²) >= 11 is 0. The van der Waals surface area contributed by atoms with Gasteiger partial charge < -0.3 is 34.3 Å². The number of carbonyl (C=O) groups is 1. The average molecular weight is 1110 g/mol. The molecular formula is C63H124O12S. The Kier molecular flexibility index (Phi) is 52.6. The molecule has 0 aromatic rings. The summed E-state index contributed by atoms with van der Waals surface area (Å²) in [6, 6.07) is 0. The van der Waals surface area contributed by atoms with E-state index in [1.165, 1.54) is 270 Å². The van der Waals surface area contributed by atoms with Gasteiger partial charge >= 0.3 is 16.4 Å². The van der Waals surface area contributed by atoms with Gasteiger partial charge in [0.25, 0.3) is 0 Å². The summed E-state index contributed by atoms with van der Waals surface area (Å²) in [5.41, 5.74) is 0. The minimum absolute atomic E-state index is 0.0460. The Labute approximate surface area is 468 Å². The quantitative estimate of drug-likeness (QED) is 0.0258. The third-order valence-electron chi connectivity index (χ3n) is 15.7. The van der Waals surface area contributed by atoms with Gasteiger partial charge in [0.1, 0.15) is 30.5 Å². The van der Waals surface area contributed by atoms with Crippen LogP contribution < -0.4 is 0 Å². The molecule has 76 heavy (non-hydrogen) atoms. The monoisotopic (exact) mass is 1100 g/mol. The summed E-state index contributed by atoms with van der Waals surface area (Å²) in [5, 5.41) is 30.9. The molecule has 0 aromatic heterocycles. The highest BCUT2D eigenvalue weighted by Crippen LogP contribution is 2.26. The van der Waals surface area contributed by atoms with Gasteiger partial charge in [-0.1, -0.05) is 316 Å². The van der Waals surface area contributed by atoms with Crippen molar-refractivity contribution in [3.05, 3.63) is 0 Å². The van der Waals surface area contributed by atoms with Crippen molar-refractivity contribution in [2.45, 2.75) is 372 Å². The predicted molar refractivity (Wildman–Crippen MR) is 313 cm³/mol. The van der Waals surface area contributed by atoms with Gasteiger partial charge in [0.05, 0.1) is 19.8 Å². The first-order chi connectivity index (χ1) is 37.1. The van der Waals surface area contributed by atoms with Crippen molar-refractivity contribution in [3.8, 4) is 0 Å². The van der Waals surface area contributed by atoms with Gasteiger partial charge in [-0.25, -0.2) is 4.18 Å². The molecule has 1 saturated heterocycles. The van der Waals surface area contributed by atoms with Crippen LogP contribution in [-0.2, 0) is 38.3 Å². The Balaban J connectivity index is 2.21. The van der Waals surface area contributed by atoms with Crippen LogP contribution in [0.1, 0.15) is 335 Å². The molecule has 0 bridgehead atoms. The lowest BCUT2D eigenvalue weighted by molar-refractivity contribution is -0.301. The largest absolute Gasteiger partial charge is 0.457 e. The van der Waals surface area contributed by atoms with E-state index in [9.17, 15) is 33.1 Å². The van der Waals surface area contributed by atoms with Crippen LogP contribution in [0.5, 0.6) is 0 Å². The molecule has 1 fully saturated rings. The Morgan fingerprint density at radius 3 is 1.05 bits per heavy atom. The molecule has 0 amide bonds. The highest BCUT2D eigenvalue weighted by molar-refractivity contribution is 7.80. The average Bonchev–Trinajstić information content (AvgIpc) is 3.40. The molecule has 4 N–H and O–H groups in total. The number of esters is 1. The Bertz CT molecular complexity index is 1320. The van der Waals surface area contributed by atoms with Gasteiger partial charge in [-0.3, -0.25) is 9.35 Å². The zero-order valence-corrected chi connectivity index (χ0v) is 50.4. The first-order valence-electron chi connectivity index (χ1n) is 32.8. The van der Waals surface area contributed by atoms with Crippen LogP contribution in [0.15, 0.2) is 0 Å². The number of carbonyl (C=O) groups excluding carboxylic acids is 1. The second kappa shape index (κ2) is 54.7. The minimum atomic E-state index is -5.06. The summed E-state index contributed by atoms with van der Waals surface area (Å²) in [4.78, 5) is 13.0. The fourth-order valence-electron chi connectivity index (χ4n) is 10.8. The molecule has 6 atom stereocenters. The SMILES string of the molecule is CCCCCCCCCCCCCCCCCCCCCCCCCCCOCC(COC1OC(CO)C(O)C(OS(=O)(=O)O)C1O)OC(=O)CCCCCCCCCCCCCCCCCCCCCCCCCC. The molecule has 454 valence electrons. The third kappa shape index (κ3) is 46.8. The summed E-state index contributed by atoms with van der Waals surface area (Å²) in [7, 11) is -5.06. The zero-order chi connectivity index (χ0) is 55.3. The molecule has 0 saturated carbocycles. The molecule has 1 heterocycles. The number of unbranched alkanes of at least 4 members (excludes halogenated alkanes) is 47. The van der Waals surface area contributed by atoms with E-state index in [4.69, 9.17) is 18.9 Å². The van der Waals surface area contributed by atoms with Gasteiger partial charge in [-0.2, -0.15) is 8.42 Å². The van der Waals surface area contributed by atoms with Gasteiger partial charge in [0.15, 0.2) is 6.29 Å². The molecule has 0 radical (unpaired) electrons. The number of hydrogen-bond acceptors (Lipinski definition) is 11. The summed E-state index contributed by atoms with van der Waals surface area (Å²) < 4.78 is 59.6. The van der Waals surface area contributed by atoms with Crippen LogP contribution in [0.4, 0.5) is 0 Å². The van der Waals surface area contributed by atoms with E-state index in [2.05, 4.69) is 18.0 Å². The second-order valence-corrected chi connectivity index (χ2v) is 24.1. The first-order valence-corrected chi connectivity index (χ1v) is 34.2. The van der Waals surface area contributed by atoms with E-state index in [0.29, 0.717) is 13.0 Å². The number of ether oxygens (including phenoxy) is 4. The zero-order valence-electron chi connectivity index (χ0n) is 49.6. The van der Waals surface area contributed by atoms with Crippen LogP contribution in [0.3, 0.4) is 0 Å². The van der Waals surface area contributed by atoms with Gasteiger partial charge in [0, 0.05) is 13.0 Å². The second-order valence-electron chi connectivity index (χ2n) is 23.1. The molecule has 13 heteroatoms. The molecule has 0 aromatic carbocycles. The van der Waals surface area contributed by atoms with Crippen LogP contribution >= 0.6 is 0 Å². The van der Waals surface area contributed by atoms with Crippen LogP contribution in [0, 0.1) is 0 Å². The Hall–Kier alpha value is -0.900. The molecule has 0 spiro atoms.